The Hall–Kier alpha value is -3.04. The van der Waals surface area contributed by atoms with E-state index in [0.29, 0.717) is 24.8 Å². The number of halogens is 3. The minimum Gasteiger partial charge on any atom is -0.484 e. The van der Waals surface area contributed by atoms with Crippen molar-refractivity contribution in [2.45, 2.75) is 25.1 Å². The molecule has 0 saturated carbocycles. The Kier molecular flexibility index (Phi) is 6.40. The van der Waals surface area contributed by atoms with Crippen LogP contribution < -0.4 is 14.2 Å². The Morgan fingerprint density at radius 1 is 1.21 bits per heavy atom. The third-order valence-corrected chi connectivity index (χ3v) is 4.37. The van der Waals surface area contributed by atoms with Gasteiger partial charge >= 0.3 is 6.18 Å². The first-order valence-corrected chi connectivity index (χ1v) is 8.97. The number of piperidine rings is 1. The molecule has 0 spiro atoms. The van der Waals surface area contributed by atoms with Crippen molar-refractivity contribution < 1.29 is 32.2 Å². The molecule has 3 rings (SSSR count). The summed E-state index contributed by atoms with van der Waals surface area (Å²) in [4.78, 5) is 14.0. The normalized spacial score (nSPS) is 17.0. The molecule has 2 heterocycles. The van der Waals surface area contributed by atoms with Crippen LogP contribution in [0.5, 0.6) is 17.5 Å². The summed E-state index contributed by atoms with van der Waals surface area (Å²) in [6.45, 7) is 0.508. The number of methoxy groups -OCH3 is 1. The number of amides is 1. The molecule has 7 nitrogen and oxygen atoms in total. The lowest BCUT2D eigenvalue weighted by atomic mass is 10.1. The van der Waals surface area contributed by atoms with E-state index in [1.807, 2.05) is 0 Å². The minimum atomic E-state index is -4.47. The van der Waals surface area contributed by atoms with Crippen molar-refractivity contribution >= 4 is 5.91 Å². The van der Waals surface area contributed by atoms with Crippen molar-refractivity contribution in [1.82, 2.24) is 15.1 Å². The summed E-state index contributed by atoms with van der Waals surface area (Å²) >= 11 is 0. The molecule has 1 atom stereocenters. The van der Waals surface area contributed by atoms with E-state index < -0.39 is 11.7 Å². The van der Waals surface area contributed by atoms with Gasteiger partial charge in [-0.15, -0.1) is 10.2 Å². The van der Waals surface area contributed by atoms with Crippen LogP contribution in [0, 0.1) is 0 Å². The Bertz CT molecular complexity index is 830. The lowest BCUT2D eigenvalue weighted by Crippen LogP contribution is -2.46. The quantitative estimate of drug-likeness (QED) is 0.728. The average Bonchev–Trinajstić information content (AvgIpc) is 2.72. The van der Waals surface area contributed by atoms with Gasteiger partial charge in [-0.25, -0.2) is 0 Å². The summed E-state index contributed by atoms with van der Waals surface area (Å²) in [5.41, 5.74) is -0.825. The van der Waals surface area contributed by atoms with Crippen molar-refractivity contribution in [3.8, 4) is 17.5 Å². The van der Waals surface area contributed by atoms with Crippen molar-refractivity contribution in [2.24, 2.45) is 0 Å². The second-order valence-corrected chi connectivity index (χ2v) is 6.45. The molecule has 29 heavy (non-hydrogen) atoms. The molecule has 1 aromatic heterocycles. The number of hydrogen-bond donors (Lipinski definition) is 0. The van der Waals surface area contributed by atoms with Crippen LogP contribution in [0.4, 0.5) is 13.2 Å². The van der Waals surface area contributed by atoms with Crippen molar-refractivity contribution in [2.75, 3.05) is 26.8 Å². The van der Waals surface area contributed by atoms with E-state index in [1.165, 1.54) is 19.2 Å². The number of nitrogens with zero attached hydrogens (tertiary/aromatic N) is 3. The average molecular weight is 411 g/mol. The zero-order valence-corrected chi connectivity index (χ0v) is 15.7. The van der Waals surface area contributed by atoms with E-state index in [-0.39, 0.29) is 24.4 Å². The number of benzene rings is 1. The van der Waals surface area contributed by atoms with Gasteiger partial charge in [0.15, 0.2) is 6.61 Å². The molecule has 1 unspecified atom stereocenters. The number of ether oxygens (including phenoxy) is 3. The molecular weight excluding hydrogens is 391 g/mol. The number of aromatic nitrogens is 2. The standard InChI is InChI=1S/C19H20F3N3O4/c1-27-16-7-8-17(24-23-16)29-15-6-3-9-25(11-15)18(26)12-28-14-5-2-4-13(10-14)19(20,21)22/h2,4-5,7-8,10,15H,3,6,9,11-12H2,1H3. The van der Waals surface area contributed by atoms with E-state index in [1.54, 1.807) is 17.0 Å². The van der Waals surface area contributed by atoms with Gasteiger partial charge in [-0.2, -0.15) is 13.2 Å². The van der Waals surface area contributed by atoms with E-state index in [4.69, 9.17) is 14.2 Å². The first-order chi connectivity index (χ1) is 13.8. The molecule has 0 bridgehead atoms. The number of rotatable bonds is 6. The third-order valence-electron chi connectivity index (χ3n) is 4.37. The topological polar surface area (TPSA) is 73.8 Å². The number of carbonyl (C=O) groups excluding carboxylic acids is 1. The summed E-state index contributed by atoms with van der Waals surface area (Å²) in [7, 11) is 1.48. The predicted octanol–water partition coefficient (Wildman–Crippen LogP) is 2.95. The first kappa shape index (κ1) is 20.7. The molecule has 1 aliphatic heterocycles. The maximum absolute atomic E-state index is 12.8. The van der Waals surface area contributed by atoms with Crippen molar-refractivity contribution in [3.63, 3.8) is 0 Å². The molecule has 2 aromatic rings. The molecule has 10 heteroatoms. The fourth-order valence-corrected chi connectivity index (χ4v) is 2.91. The monoisotopic (exact) mass is 411 g/mol. The van der Waals surface area contributed by atoms with Gasteiger partial charge in [0.25, 0.3) is 5.91 Å². The second-order valence-electron chi connectivity index (χ2n) is 6.45. The summed E-state index contributed by atoms with van der Waals surface area (Å²) in [5.74, 6) is 0.359. The van der Waals surface area contributed by atoms with E-state index in [0.717, 1.165) is 25.0 Å². The fourth-order valence-electron chi connectivity index (χ4n) is 2.91. The van der Waals surface area contributed by atoms with Gasteiger partial charge in [0, 0.05) is 18.7 Å². The molecule has 1 aliphatic rings. The number of alkyl halides is 3. The summed E-state index contributed by atoms with van der Waals surface area (Å²) in [6, 6.07) is 7.69. The van der Waals surface area contributed by atoms with Crippen molar-refractivity contribution in [1.29, 1.82) is 0 Å². The molecule has 1 fully saturated rings. The molecule has 0 aliphatic carbocycles. The molecular formula is C19H20F3N3O4. The fraction of sp³-hybridized carbons (Fsp3) is 0.421. The van der Waals surface area contributed by atoms with Gasteiger partial charge in [0.1, 0.15) is 11.9 Å². The Morgan fingerprint density at radius 2 is 1.97 bits per heavy atom. The van der Waals surface area contributed by atoms with Gasteiger partial charge in [0.2, 0.25) is 11.8 Å². The highest BCUT2D eigenvalue weighted by Crippen LogP contribution is 2.31. The van der Waals surface area contributed by atoms with Gasteiger partial charge in [-0.05, 0) is 31.0 Å². The Morgan fingerprint density at radius 3 is 2.66 bits per heavy atom. The third kappa shape index (κ3) is 5.72. The van der Waals surface area contributed by atoms with Crippen molar-refractivity contribution in [3.05, 3.63) is 42.0 Å². The van der Waals surface area contributed by atoms with Crippen LogP contribution in [0.1, 0.15) is 18.4 Å². The lowest BCUT2D eigenvalue weighted by molar-refractivity contribution is -0.137. The van der Waals surface area contributed by atoms with Gasteiger partial charge in [-0.3, -0.25) is 4.79 Å². The van der Waals surface area contributed by atoms with Gasteiger partial charge in [0.05, 0.1) is 19.2 Å². The number of carbonyl (C=O) groups is 1. The lowest BCUT2D eigenvalue weighted by Gasteiger charge is -2.32. The SMILES string of the molecule is COc1ccc(OC2CCCN(C(=O)COc3cccc(C(F)(F)F)c3)C2)nn1. The Labute approximate surface area is 165 Å². The highest BCUT2D eigenvalue weighted by atomic mass is 19.4. The summed E-state index contributed by atoms with van der Waals surface area (Å²) in [5, 5.41) is 7.73. The highest BCUT2D eigenvalue weighted by Gasteiger charge is 2.31. The van der Waals surface area contributed by atoms with E-state index in [9.17, 15) is 18.0 Å². The van der Waals surface area contributed by atoms with Crippen LogP contribution in [-0.4, -0.2) is 53.9 Å². The molecule has 1 aromatic carbocycles. The zero-order valence-electron chi connectivity index (χ0n) is 15.7. The van der Waals surface area contributed by atoms with Gasteiger partial charge in [-0.1, -0.05) is 6.07 Å². The van der Waals surface area contributed by atoms with Crippen LogP contribution in [0.15, 0.2) is 36.4 Å². The van der Waals surface area contributed by atoms with Crippen LogP contribution in [0.2, 0.25) is 0 Å². The van der Waals surface area contributed by atoms with E-state index in [2.05, 4.69) is 10.2 Å². The van der Waals surface area contributed by atoms with Crippen LogP contribution in [0.3, 0.4) is 0 Å². The second kappa shape index (κ2) is 8.97. The smallest absolute Gasteiger partial charge is 0.416 e. The van der Waals surface area contributed by atoms with Gasteiger partial charge < -0.3 is 19.1 Å². The highest BCUT2D eigenvalue weighted by molar-refractivity contribution is 5.78. The predicted molar refractivity (Wildman–Crippen MR) is 95.8 cm³/mol. The number of likely N-dealkylation sites (tertiary alicyclic amines) is 1. The maximum Gasteiger partial charge on any atom is 0.416 e. The molecule has 156 valence electrons. The Balaban J connectivity index is 1.53. The molecule has 1 amide bonds. The van der Waals surface area contributed by atoms with E-state index >= 15 is 0 Å². The molecule has 1 saturated heterocycles. The zero-order chi connectivity index (χ0) is 20.9. The van der Waals surface area contributed by atoms with Crippen LogP contribution >= 0.6 is 0 Å². The minimum absolute atomic E-state index is 0.00788. The first-order valence-electron chi connectivity index (χ1n) is 8.97. The number of hydrogen-bond acceptors (Lipinski definition) is 6. The maximum atomic E-state index is 12.8. The molecule has 0 radical (unpaired) electrons. The van der Waals surface area contributed by atoms with Crippen LogP contribution in [0.25, 0.3) is 0 Å². The largest absolute Gasteiger partial charge is 0.484 e. The summed E-state index contributed by atoms with van der Waals surface area (Å²) in [6.07, 6.45) is -3.26. The van der Waals surface area contributed by atoms with Crippen LogP contribution in [-0.2, 0) is 11.0 Å². The molecule has 0 N–H and O–H groups in total. The summed E-state index contributed by atoms with van der Waals surface area (Å²) < 4.78 is 54.3.